The van der Waals surface area contributed by atoms with Gasteiger partial charge in [-0.3, -0.25) is 0 Å². The van der Waals surface area contributed by atoms with Gasteiger partial charge in [0.15, 0.2) is 0 Å². The minimum Gasteiger partial charge on any atom is -0.394 e. The van der Waals surface area contributed by atoms with E-state index in [1.807, 2.05) is 18.3 Å². The fourth-order valence-corrected chi connectivity index (χ4v) is 4.15. The average Bonchev–Trinajstić information content (AvgIpc) is 2.82. The summed E-state index contributed by atoms with van der Waals surface area (Å²) in [6.45, 7) is 4.14. The highest BCUT2D eigenvalue weighted by molar-refractivity contribution is 7.19. The lowest BCUT2D eigenvalue weighted by molar-refractivity contribution is 0.271. The maximum Gasteiger partial charge on any atom is 0.139 e. The maximum atomic E-state index is 9.41. The third-order valence-electron chi connectivity index (χ3n) is 3.98. The number of aryl methyl sites for hydroxylation is 3. The molecule has 1 aliphatic rings. The van der Waals surface area contributed by atoms with Crippen molar-refractivity contribution in [2.24, 2.45) is 0 Å². The van der Waals surface area contributed by atoms with Crippen LogP contribution in [0.3, 0.4) is 0 Å². The topological polar surface area (TPSA) is 58.0 Å². The number of aromatic nitrogens is 2. The summed E-state index contributed by atoms with van der Waals surface area (Å²) in [5, 5.41) is 14.0. The van der Waals surface area contributed by atoms with Crippen molar-refractivity contribution in [3.63, 3.8) is 0 Å². The second-order valence-electron chi connectivity index (χ2n) is 5.44. The monoisotopic (exact) mass is 291 g/mol. The van der Waals surface area contributed by atoms with Gasteiger partial charge in [0, 0.05) is 4.88 Å². The fraction of sp³-hybridized carbons (Fsp3) is 0.600. The Morgan fingerprint density at radius 2 is 2.10 bits per heavy atom. The van der Waals surface area contributed by atoms with Crippen LogP contribution in [0.1, 0.15) is 42.5 Å². The Bertz CT molecular complexity index is 619. The molecule has 0 spiro atoms. The Balaban J connectivity index is 2.11. The molecule has 0 unspecified atom stereocenters. The molecular weight excluding hydrogens is 270 g/mol. The zero-order chi connectivity index (χ0) is 14.1. The first kappa shape index (κ1) is 13.8. The van der Waals surface area contributed by atoms with Crippen LogP contribution in [0, 0.1) is 6.92 Å². The van der Waals surface area contributed by atoms with E-state index in [0.717, 1.165) is 29.3 Å². The Hall–Kier alpha value is -1.20. The van der Waals surface area contributed by atoms with Gasteiger partial charge in [-0.2, -0.15) is 0 Å². The zero-order valence-corrected chi connectivity index (χ0v) is 12.9. The molecule has 0 bridgehead atoms. The van der Waals surface area contributed by atoms with Crippen molar-refractivity contribution in [3.05, 3.63) is 16.3 Å². The van der Waals surface area contributed by atoms with Gasteiger partial charge in [0.25, 0.3) is 0 Å². The van der Waals surface area contributed by atoms with Crippen molar-refractivity contribution < 1.29 is 5.11 Å². The summed E-state index contributed by atoms with van der Waals surface area (Å²) < 4.78 is 0. The molecule has 20 heavy (non-hydrogen) atoms. The molecule has 0 aromatic carbocycles. The average molecular weight is 291 g/mol. The summed E-state index contributed by atoms with van der Waals surface area (Å²) in [7, 11) is 0. The molecule has 1 aliphatic carbocycles. The van der Waals surface area contributed by atoms with E-state index in [-0.39, 0.29) is 12.6 Å². The van der Waals surface area contributed by atoms with Crippen LogP contribution in [0.2, 0.25) is 0 Å². The number of thiophene rings is 1. The molecule has 4 nitrogen and oxygen atoms in total. The molecule has 108 valence electrons. The van der Waals surface area contributed by atoms with Crippen molar-refractivity contribution in [2.45, 2.75) is 52.0 Å². The predicted molar refractivity (Wildman–Crippen MR) is 83.6 cm³/mol. The number of anilines is 1. The molecule has 2 N–H and O–H groups in total. The van der Waals surface area contributed by atoms with Gasteiger partial charge >= 0.3 is 0 Å². The molecule has 0 aliphatic heterocycles. The zero-order valence-electron chi connectivity index (χ0n) is 12.1. The smallest absolute Gasteiger partial charge is 0.139 e. The number of aliphatic hydroxyl groups excluding tert-OH is 1. The highest BCUT2D eigenvalue weighted by Crippen LogP contribution is 2.38. The van der Waals surface area contributed by atoms with Crippen LogP contribution in [0.15, 0.2) is 0 Å². The van der Waals surface area contributed by atoms with Gasteiger partial charge in [-0.15, -0.1) is 11.3 Å². The minimum absolute atomic E-state index is 0.0617. The predicted octanol–water partition coefficient (Wildman–Crippen LogP) is 3.06. The van der Waals surface area contributed by atoms with Gasteiger partial charge in [-0.25, -0.2) is 9.97 Å². The van der Waals surface area contributed by atoms with E-state index in [2.05, 4.69) is 22.2 Å². The Morgan fingerprint density at radius 3 is 2.85 bits per heavy atom. The van der Waals surface area contributed by atoms with Gasteiger partial charge in [0.2, 0.25) is 0 Å². The summed E-state index contributed by atoms with van der Waals surface area (Å²) in [6.07, 6.45) is 5.72. The number of hydrogen-bond donors (Lipinski definition) is 2. The standard InChI is InChI=1S/C15H21N3OS/c1-3-10(8-19)18-14-13-11-6-4-5-7-12(11)20-15(13)17-9(2)16-14/h10,19H,3-8H2,1-2H3,(H,16,17,18)/t10-/m0/s1. The van der Waals surface area contributed by atoms with E-state index >= 15 is 0 Å². The largest absolute Gasteiger partial charge is 0.394 e. The first-order valence-electron chi connectivity index (χ1n) is 7.39. The molecule has 2 aromatic rings. The van der Waals surface area contributed by atoms with Gasteiger partial charge in [-0.05, 0) is 44.6 Å². The lowest BCUT2D eigenvalue weighted by Gasteiger charge is -2.17. The van der Waals surface area contributed by atoms with Crippen LogP contribution in [-0.4, -0.2) is 27.7 Å². The number of hydrogen-bond acceptors (Lipinski definition) is 5. The molecule has 1 atom stereocenters. The third kappa shape index (κ3) is 2.40. The Morgan fingerprint density at radius 1 is 1.30 bits per heavy atom. The quantitative estimate of drug-likeness (QED) is 0.909. The first-order chi connectivity index (χ1) is 9.72. The first-order valence-corrected chi connectivity index (χ1v) is 8.20. The summed E-state index contributed by atoms with van der Waals surface area (Å²) in [5.74, 6) is 1.71. The van der Waals surface area contributed by atoms with E-state index in [0.29, 0.717) is 0 Å². The van der Waals surface area contributed by atoms with Crippen molar-refractivity contribution >= 4 is 27.4 Å². The molecule has 0 radical (unpaired) electrons. The summed E-state index contributed by atoms with van der Waals surface area (Å²) >= 11 is 1.82. The van der Waals surface area contributed by atoms with Crippen LogP contribution in [-0.2, 0) is 12.8 Å². The third-order valence-corrected chi connectivity index (χ3v) is 5.17. The summed E-state index contributed by atoms with van der Waals surface area (Å²) in [4.78, 5) is 11.8. The Labute approximate surface area is 123 Å². The molecule has 0 saturated carbocycles. The van der Waals surface area contributed by atoms with Crippen LogP contribution in [0.5, 0.6) is 0 Å². The van der Waals surface area contributed by atoms with E-state index in [9.17, 15) is 5.11 Å². The van der Waals surface area contributed by atoms with E-state index in [1.54, 1.807) is 0 Å². The van der Waals surface area contributed by atoms with Crippen molar-refractivity contribution in [3.8, 4) is 0 Å². The highest BCUT2D eigenvalue weighted by Gasteiger charge is 2.21. The molecule has 2 heterocycles. The van der Waals surface area contributed by atoms with E-state index < -0.39 is 0 Å². The molecule has 0 saturated heterocycles. The van der Waals surface area contributed by atoms with Crippen molar-refractivity contribution in [1.82, 2.24) is 9.97 Å². The summed E-state index contributed by atoms with van der Waals surface area (Å²) in [5.41, 5.74) is 1.44. The lowest BCUT2D eigenvalue weighted by atomic mass is 9.97. The van der Waals surface area contributed by atoms with Gasteiger partial charge in [0.1, 0.15) is 16.5 Å². The summed E-state index contributed by atoms with van der Waals surface area (Å²) in [6, 6.07) is 0.0617. The number of aliphatic hydroxyl groups is 1. The van der Waals surface area contributed by atoms with Crippen LogP contribution in [0.4, 0.5) is 5.82 Å². The number of fused-ring (bicyclic) bond motifs is 3. The fourth-order valence-electron chi connectivity index (χ4n) is 2.84. The van der Waals surface area contributed by atoms with Gasteiger partial charge in [0.05, 0.1) is 18.0 Å². The van der Waals surface area contributed by atoms with E-state index in [4.69, 9.17) is 0 Å². The van der Waals surface area contributed by atoms with Crippen LogP contribution < -0.4 is 5.32 Å². The molecule has 0 fully saturated rings. The molecule has 2 aromatic heterocycles. The number of rotatable bonds is 4. The number of nitrogens with zero attached hydrogens (tertiary/aromatic N) is 2. The van der Waals surface area contributed by atoms with Gasteiger partial charge in [-0.1, -0.05) is 6.92 Å². The second kappa shape index (κ2) is 5.66. The van der Waals surface area contributed by atoms with Gasteiger partial charge < -0.3 is 10.4 Å². The SMILES string of the molecule is CC[C@@H](CO)Nc1nc(C)nc2sc3c(c12)CCCC3. The normalized spacial score (nSPS) is 16.1. The molecular formula is C15H21N3OS. The number of nitrogens with one attached hydrogen (secondary N) is 1. The second-order valence-corrected chi connectivity index (χ2v) is 6.53. The molecule has 5 heteroatoms. The van der Waals surface area contributed by atoms with Crippen LogP contribution in [0.25, 0.3) is 10.2 Å². The van der Waals surface area contributed by atoms with E-state index in [1.165, 1.54) is 35.1 Å². The highest BCUT2D eigenvalue weighted by atomic mass is 32.1. The minimum atomic E-state index is 0.0617. The molecule has 3 rings (SSSR count). The van der Waals surface area contributed by atoms with Crippen molar-refractivity contribution in [2.75, 3.05) is 11.9 Å². The lowest BCUT2D eigenvalue weighted by Crippen LogP contribution is -2.23. The van der Waals surface area contributed by atoms with Crippen molar-refractivity contribution in [1.29, 1.82) is 0 Å². The molecule has 0 amide bonds. The maximum absolute atomic E-state index is 9.41. The Kier molecular flexibility index (Phi) is 3.89. The van der Waals surface area contributed by atoms with Crippen LogP contribution >= 0.6 is 11.3 Å².